The zero-order chi connectivity index (χ0) is 80.5. The Balaban J connectivity index is 0.000000170. The lowest BCUT2D eigenvalue weighted by Crippen LogP contribution is -2.39. The molecule has 0 bridgehead atoms. The standard InChI is InChI=1S/C22H28F4O3.C22H30F4O.C22H29F3O3.C22H30F2O3/c1-13-3-5-15(6-4-13)21(27)28-17-9-7-16(8-10-17)22(25,26)29-18-11-19(23)14(2)20(24)12-18;1-14-3-6-16(7-4-14)13-17-8-10-18(11-9-17)22(25,26)27-19-12-5-15(2)20(23)21(19)24;1-14-3-6-16(7-4-14)21(26)27-18-11-8-17(9-12-18)22(24,25)28-19-10-5-15(2)20(23)13-19;1-15-3-7-17(8-4-15)21(25)26-19-13-9-18(10-14-19)22(23,24)27-20-11-5-16(2)6-12-20/h11-13,15-17H,3-10H2,1-2H3;5,12,14,16-18H,3-4,6-11,13H2,1-2H3;5,10,13-14,16-18H,3-4,6-9,11-12H2,1-2H3;5-6,11-12,15,17-19H,3-4,7-10,13-14H2,1-2H3. The summed E-state index contributed by atoms with van der Waals surface area (Å²) in [7, 11) is 0. The predicted octanol–water partition coefficient (Wildman–Crippen LogP) is 25.4. The maximum atomic E-state index is 14.5. The fourth-order valence-corrected chi connectivity index (χ4v) is 17.2. The molecule has 8 saturated carbocycles. The summed E-state index contributed by atoms with van der Waals surface area (Å²) in [5.41, 5.74) is 1.21. The molecule has 10 nitrogen and oxygen atoms in total. The Kier molecular flexibility index (Phi) is 32.1. The molecular formula is C88H117F13O10. The summed E-state index contributed by atoms with van der Waals surface area (Å²) < 4.78 is 220. The second kappa shape index (κ2) is 40.2. The lowest BCUT2D eigenvalue weighted by molar-refractivity contribution is -0.226. The van der Waals surface area contributed by atoms with Crippen molar-refractivity contribution in [2.75, 3.05) is 0 Å². The van der Waals surface area contributed by atoms with E-state index >= 15 is 0 Å². The van der Waals surface area contributed by atoms with Gasteiger partial charge in [-0.15, -0.1) is 0 Å². The van der Waals surface area contributed by atoms with E-state index in [1.807, 2.05) is 6.92 Å². The highest BCUT2D eigenvalue weighted by Gasteiger charge is 2.49. The van der Waals surface area contributed by atoms with E-state index < -0.39 is 88.7 Å². The molecule has 12 rings (SSSR count). The maximum absolute atomic E-state index is 14.5. The molecule has 0 heterocycles. The van der Waals surface area contributed by atoms with Gasteiger partial charge in [-0.05, 0) is 285 Å². The molecule has 23 heteroatoms. The number of carbonyl (C=O) groups is 3. The molecule has 0 radical (unpaired) electrons. The van der Waals surface area contributed by atoms with Gasteiger partial charge in [0.2, 0.25) is 5.82 Å². The van der Waals surface area contributed by atoms with Gasteiger partial charge in [-0.3, -0.25) is 14.4 Å². The molecule has 0 amide bonds. The zero-order valence-corrected chi connectivity index (χ0v) is 65.9. The molecule has 0 N–H and O–H groups in total. The number of ether oxygens (including phenoxy) is 7. The molecule has 0 unspecified atom stereocenters. The number of aryl methyl sites for hydroxylation is 3. The van der Waals surface area contributed by atoms with Gasteiger partial charge in [0.1, 0.15) is 53.0 Å². The Hall–Kier alpha value is -6.42. The van der Waals surface area contributed by atoms with Gasteiger partial charge in [0.15, 0.2) is 11.6 Å². The minimum atomic E-state index is -3.55. The van der Waals surface area contributed by atoms with Crippen LogP contribution in [0.3, 0.4) is 0 Å². The van der Waals surface area contributed by atoms with Crippen LogP contribution < -0.4 is 18.9 Å². The Morgan fingerprint density at radius 2 is 0.622 bits per heavy atom. The molecule has 4 aromatic carbocycles. The van der Waals surface area contributed by atoms with E-state index in [4.69, 9.17) is 23.7 Å². The number of carbonyl (C=O) groups excluding carboxylic acids is 3. The van der Waals surface area contributed by atoms with E-state index in [9.17, 15) is 71.5 Å². The van der Waals surface area contributed by atoms with Crippen molar-refractivity contribution in [1.82, 2.24) is 0 Å². The quantitative estimate of drug-likeness (QED) is 0.0481. The molecule has 8 aliphatic rings. The molecule has 0 aliphatic heterocycles. The van der Waals surface area contributed by atoms with Crippen LogP contribution in [-0.4, -0.2) is 60.7 Å². The van der Waals surface area contributed by atoms with Crippen molar-refractivity contribution in [2.24, 2.45) is 76.9 Å². The van der Waals surface area contributed by atoms with Crippen LogP contribution in [0.5, 0.6) is 23.0 Å². The third-order valence-corrected chi connectivity index (χ3v) is 25.1. The van der Waals surface area contributed by atoms with Gasteiger partial charge < -0.3 is 33.2 Å². The number of esters is 3. The number of halogens is 13. The monoisotopic (exact) mass is 1580 g/mol. The van der Waals surface area contributed by atoms with Gasteiger partial charge in [0.05, 0.1) is 41.4 Å². The Morgan fingerprint density at radius 3 is 0.991 bits per heavy atom. The average Bonchev–Trinajstić information content (AvgIpc) is 0.817. The van der Waals surface area contributed by atoms with Crippen LogP contribution in [0, 0.1) is 134 Å². The highest BCUT2D eigenvalue weighted by Crippen LogP contribution is 2.47. The van der Waals surface area contributed by atoms with Crippen LogP contribution in [0.25, 0.3) is 0 Å². The van der Waals surface area contributed by atoms with Crippen molar-refractivity contribution in [2.45, 2.75) is 310 Å². The van der Waals surface area contributed by atoms with E-state index in [0.717, 1.165) is 138 Å². The van der Waals surface area contributed by atoms with Crippen LogP contribution in [0.15, 0.2) is 66.7 Å². The third-order valence-electron chi connectivity index (χ3n) is 25.1. The van der Waals surface area contributed by atoms with Crippen LogP contribution in [0.2, 0.25) is 0 Å². The van der Waals surface area contributed by atoms with Crippen molar-refractivity contribution in [3.8, 4) is 23.0 Å². The van der Waals surface area contributed by atoms with Gasteiger partial charge in [-0.25, -0.2) is 17.6 Å². The first kappa shape index (κ1) is 88.5. The predicted molar refractivity (Wildman–Crippen MR) is 397 cm³/mol. The normalized spacial score (nSPS) is 28.8. The number of hydrogen-bond donors (Lipinski definition) is 0. The van der Waals surface area contributed by atoms with Gasteiger partial charge >= 0.3 is 42.3 Å². The fraction of sp³-hybridized carbons (Fsp3) is 0.693. The number of alkyl halides is 8. The maximum Gasteiger partial charge on any atom is 0.400 e. The smallest absolute Gasteiger partial charge is 0.400 e. The van der Waals surface area contributed by atoms with Gasteiger partial charge in [0.25, 0.3) is 0 Å². The third kappa shape index (κ3) is 26.3. The molecule has 4 aromatic rings. The van der Waals surface area contributed by atoms with E-state index in [-0.39, 0.29) is 102 Å². The summed E-state index contributed by atoms with van der Waals surface area (Å²) in [6, 6.07) is 14.3. The van der Waals surface area contributed by atoms with Crippen molar-refractivity contribution in [3.63, 3.8) is 0 Å². The Labute approximate surface area is 647 Å². The summed E-state index contributed by atoms with van der Waals surface area (Å²) >= 11 is 0. The first-order valence-electron chi connectivity index (χ1n) is 41.1. The molecule has 620 valence electrons. The highest BCUT2D eigenvalue weighted by atomic mass is 19.3. The SMILES string of the molecule is Cc1c(F)cc(OC(F)(F)C2CCC(OC(=O)C3CCC(C)CC3)CC2)cc1F.Cc1ccc(OC(F)(F)C2CCC(CC3CCC(C)CC3)CC2)c(F)c1F.Cc1ccc(OC(F)(F)C2CCC(OC(=O)C3CCC(C)CC3)CC2)cc1.Cc1ccc(OC(F)(F)C2CCC(OC(=O)C3CCC(C)CC3)CC2)cc1F. The summed E-state index contributed by atoms with van der Waals surface area (Å²) in [5, 5.41) is 0. The van der Waals surface area contributed by atoms with Crippen LogP contribution in [0.1, 0.15) is 262 Å². The molecule has 111 heavy (non-hydrogen) atoms. The van der Waals surface area contributed by atoms with Crippen LogP contribution >= 0.6 is 0 Å². The van der Waals surface area contributed by atoms with Crippen molar-refractivity contribution < 1.29 is 105 Å². The molecule has 0 saturated heterocycles. The molecule has 0 aromatic heterocycles. The van der Waals surface area contributed by atoms with E-state index in [2.05, 4.69) is 37.2 Å². The molecular weight excluding hydrogens is 1460 g/mol. The van der Waals surface area contributed by atoms with Crippen LogP contribution in [0.4, 0.5) is 57.1 Å². The molecule has 8 fully saturated rings. The first-order valence-corrected chi connectivity index (χ1v) is 41.1. The summed E-state index contributed by atoms with van der Waals surface area (Å²) in [4.78, 5) is 37.0. The summed E-state index contributed by atoms with van der Waals surface area (Å²) in [5.74, 6) is -6.59. The van der Waals surface area contributed by atoms with Gasteiger partial charge in [-0.2, -0.15) is 39.5 Å². The molecule has 8 aliphatic carbocycles. The van der Waals surface area contributed by atoms with E-state index in [1.165, 1.54) is 57.7 Å². The summed E-state index contributed by atoms with van der Waals surface area (Å²) in [6.45, 7) is 14.9. The minimum Gasteiger partial charge on any atom is -0.462 e. The largest absolute Gasteiger partial charge is 0.462 e. The van der Waals surface area contributed by atoms with Crippen molar-refractivity contribution in [3.05, 3.63) is 118 Å². The number of rotatable bonds is 20. The first-order chi connectivity index (χ1) is 52.5. The zero-order valence-electron chi connectivity index (χ0n) is 65.9. The second-order valence-corrected chi connectivity index (χ2v) is 34.1. The number of hydrogen-bond acceptors (Lipinski definition) is 10. The van der Waals surface area contributed by atoms with Crippen molar-refractivity contribution in [1.29, 1.82) is 0 Å². The highest BCUT2D eigenvalue weighted by molar-refractivity contribution is 5.73. The summed E-state index contributed by atoms with van der Waals surface area (Å²) in [6.07, 6.45) is 9.04. The average molecular weight is 1580 g/mol. The second-order valence-electron chi connectivity index (χ2n) is 34.1. The van der Waals surface area contributed by atoms with Gasteiger partial charge in [0, 0.05) is 23.8 Å². The lowest BCUT2D eigenvalue weighted by atomic mass is 9.73. The number of benzene rings is 4. The van der Waals surface area contributed by atoms with Gasteiger partial charge in [-0.1, -0.05) is 83.2 Å². The van der Waals surface area contributed by atoms with Crippen molar-refractivity contribution >= 4 is 17.9 Å². The fourth-order valence-electron chi connectivity index (χ4n) is 17.2. The minimum absolute atomic E-state index is 0.00904. The molecule has 0 atom stereocenters. The van der Waals surface area contributed by atoms with Crippen LogP contribution in [-0.2, 0) is 28.6 Å². The Morgan fingerprint density at radius 1 is 0.324 bits per heavy atom. The molecule has 0 spiro atoms. The Bertz CT molecular complexity index is 3540. The topological polar surface area (TPSA) is 116 Å². The van der Waals surface area contributed by atoms with E-state index in [1.54, 1.807) is 31.2 Å². The lowest BCUT2D eigenvalue weighted by Gasteiger charge is -2.35. The van der Waals surface area contributed by atoms with E-state index in [0.29, 0.717) is 93.4 Å².